The number of hydrogen-bond donors (Lipinski definition) is 1. The number of fused-ring (bicyclic) bond motifs is 1. The van der Waals surface area contributed by atoms with Crippen molar-refractivity contribution in [3.05, 3.63) is 17.3 Å². The van der Waals surface area contributed by atoms with Gasteiger partial charge in [-0.25, -0.2) is 9.78 Å². The maximum absolute atomic E-state index is 11.9. The van der Waals surface area contributed by atoms with Gasteiger partial charge >= 0.3 is 6.09 Å². The van der Waals surface area contributed by atoms with Crippen LogP contribution in [-0.4, -0.2) is 61.0 Å². The van der Waals surface area contributed by atoms with Gasteiger partial charge in [0.05, 0.1) is 26.3 Å². The molecular weight excluding hydrogens is 370 g/mol. The highest BCUT2D eigenvalue weighted by molar-refractivity contribution is 5.69. The minimum atomic E-state index is -0.448. The smallest absolute Gasteiger partial charge is 0.410 e. The van der Waals surface area contributed by atoms with Crippen LogP contribution in [0.1, 0.15) is 57.7 Å². The number of likely N-dealkylation sites (tertiary alicyclic amines) is 1. The van der Waals surface area contributed by atoms with Crippen molar-refractivity contribution in [2.45, 2.75) is 71.0 Å². The van der Waals surface area contributed by atoms with Crippen LogP contribution in [-0.2, 0) is 22.3 Å². The maximum atomic E-state index is 11.9. The van der Waals surface area contributed by atoms with E-state index >= 15 is 0 Å². The number of carbonyl (C=O) groups is 1. The first-order chi connectivity index (χ1) is 13.9. The summed E-state index contributed by atoms with van der Waals surface area (Å²) in [6, 6.07) is 2.09. The van der Waals surface area contributed by atoms with E-state index < -0.39 is 5.60 Å². The number of nitrogens with zero attached hydrogens (tertiary/aromatic N) is 2. The molecule has 1 amide bonds. The van der Waals surface area contributed by atoms with Crippen molar-refractivity contribution in [3.8, 4) is 5.75 Å². The maximum Gasteiger partial charge on any atom is 0.410 e. The number of aromatic nitrogens is 1. The highest BCUT2D eigenvalue weighted by Crippen LogP contribution is 2.30. The molecule has 1 N–H and O–H groups in total. The molecule has 7 nitrogen and oxygen atoms in total. The van der Waals surface area contributed by atoms with Gasteiger partial charge in [-0.05, 0) is 52.9 Å². The molecule has 1 fully saturated rings. The van der Waals surface area contributed by atoms with E-state index in [1.807, 2.05) is 20.8 Å². The summed E-state index contributed by atoms with van der Waals surface area (Å²) >= 11 is 0. The van der Waals surface area contributed by atoms with Gasteiger partial charge in [0.1, 0.15) is 17.2 Å². The molecule has 0 saturated carbocycles. The van der Waals surface area contributed by atoms with Gasteiger partial charge in [-0.15, -0.1) is 0 Å². The summed E-state index contributed by atoms with van der Waals surface area (Å²) in [5.41, 5.74) is 1.84. The second-order valence-electron chi connectivity index (χ2n) is 8.86. The van der Waals surface area contributed by atoms with Gasteiger partial charge in [0.25, 0.3) is 0 Å². The molecule has 7 heteroatoms. The van der Waals surface area contributed by atoms with Crippen molar-refractivity contribution >= 4 is 11.9 Å². The minimum Gasteiger partial charge on any atom is -0.496 e. The minimum absolute atomic E-state index is 0.139. The zero-order chi connectivity index (χ0) is 20.9. The van der Waals surface area contributed by atoms with Gasteiger partial charge in [0.15, 0.2) is 0 Å². The third-order valence-electron chi connectivity index (χ3n) is 5.18. The lowest BCUT2D eigenvalue weighted by Crippen LogP contribution is -2.55. The van der Waals surface area contributed by atoms with E-state index in [1.165, 1.54) is 5.56 Å². The molecule has 1 aromatic heterocycles. The molecule has 0 atom stereocenters. The van der Waals surface area contributed by atoms with Gasteiger partial charge in [-0.1, -0.05) is 6.42 Å². The number of carbonyl (C=O) groups excluding carboxylic acids is 1. The molecule has 2 aliphatic heterocycles. The second-order valence-corrected chi connectivity index (χ2v) is 8.86. The number of nitrogens with one attached hydrogen (secondary N) is 1. The van der Waals surface area contributed by atoms with E-state index in [1.54, 1.807) is 12.0 Å². The van der Waals surface area contributed by atoms with Crippen molar-refractivity contribution < 1.29 is 19.0 Å². The van der Waals surface area contributed by atoms with Crippen molar-refractivity contribution in [1.29, 1.82) is 0 Å². The van der Waals surface area contributed by atoms with Crippen LogP contribution in [0.3, 0.4) is 0 Å². The van der Waals surface area contributed by atoms with E-state index in [0.29, 0.717) is 13.1 Å². The molecule has 0 radical (unpaired) electrons. The van der Waals surface area contributed by atoms with Gasteiger partial charge in [-0.2, -0.15) is 0 Å². The molecule has 0 spiro atoms. The number of rotatable bonds is 8. The Morgan fingerprint density at radius 2 is 2.07 bits per heavy atom. The first-order valence-electron chi connectivity index (χ1n) is 10.8. The van der Waals surface area contributed by atoms with E-state index in [4.69, 9.17) is 19.2 Å². The van der Waals surface area contributed by atoms with Crippen LogP contribution in [0.15, 0.2) is 6.07 Å². The van der Waals surface area contributed by atoms with Gasteiger partial charge in [-0.3, -0.25) is 0 Å². The average Bonchev–Trinajstić information content (AvgIpc) is 2.63. The highest BCUT2D eigenvalue weighted by Gasteiger charge is 2.34. The summed E-state index contributed by atoms with van der Waals surface area (Å²) in [5, 5.41) is 3.39. The number of ether oxygens (including phenoxy) is 3. The topological polar surface area (TPSA) is 72.9 Å². The van der Waals surface area contributed by atoms with Crippen LogP contribution >= 0.6 is 0 Å². The van der Waals surface area contributed by atoms with Crippen molar-refractivity contribution in [3.63, 3.8) is 0 Å². The summed E-state index contributed by atoms with van der Waals surface area (Å²) < 4.78 is 16.8. The number of methoxy groups -OCH3 is 1. The van der Waals surface area contributed by atoms with Crippen molar-refractivity contribution in [2.24, 2.45) is 0 Å². The Balaban J connectivity index is 1.29. The standard InChI is InChI=1S/C22H35N3O4/c1-22(2,3)29-21(26)25-14-17(15-25)28-12-7-5-6-9-16-13-19(27-4)18-10-8-11-23-20(18)24-16/h13,17H,5-12,14-15H2,1-4H3,(H,23,24). The number of hydrogen-bond acceptors (Lipinski definition) is 6. The number of pyridine rings is 1. The molecule has 0 aromatic carbocycles. The molecule has 0 unspecified atom stereocenters. The Morgan fingerprint density at radius 3 is 2.79 bits per heavy atom. The Hall–Kier alpha value is -2.02. The molecule has 0 bridgehead atoms. The fourth-order valence-corrected chi connectivity index (χ4v) is 3.62. The molecule has 3 heterocycles. The van der Waals surface area contributed by atoms with Crippen LogP contribution < -0.4 is 10.1 Å². The van der Waals surface area contributed by atoms with Gasteiger partial charge in [0, 0.05) is 30.5 Å². The highest BCUT2D eigenvalue weighted by atomic mass is 16.6. The van der Waals surface area contributed by atoms with Gasteiger partial charge in [0.2, 0.25) is 0 Å². The quantitative estimate of drug-likeness (QED) is 0.663. The molecule has 3 rings (SSSR count). The van der Waals surface area contributed by atoms with Crippen LogP contribution in [0, 0.1) is 0 Å². The fourth-order valence-electron chi connectivity index (χ4n) is 3.62. The van der Waals surface area contributed by atoms with Crippen molar-refractivity contribution in [2.75, 3.05) is 38.7 Å². The molecule has 1 saturated heterocycles. The lowest BCUT2D eigenvalue weighted by Gasteiger charge is -2.39. The summed E-state index contributed by atoms with van der Waals surface area (Å²) in [7, 11) is 1.73. The van der Waals surface area contributed by atoms with E-state index in [2.05, 4.69) is 11.4 Å². The van der Waals surface area contributed by atoms with Crippen LogP contribution in [0.4, 0.5) is 10.6 Å². The SMILES string of the molecule is COc1cc(CCCCCOC2CN(C(=O)OC(C)(C)C)C2)nc2c1CCCN2. The Bertz CT molecular complexity index is 679. The van der Waals surface area contributed by atoms with E-state index in [0.717, 1.165) is 68.9 Å². The Kier molecular flexibility index (Phi) is 7.22. The molecular formula is C22H35N3O4. The average molecular weight is 406 g/mol. The summed E-state index contributed by atoms with van der Waals surface area (Å²) in [4.78, 5) is 18.4. The van der Waals surface area contributed by atoms with E-state index in [9.17, 15) is 4.79 Å². The third-order valence-corrected chi connectivity index (χ3v) is 5.18. The first-order valence-corrected chi connectivity index (χ1v) is 10.8. The van der Waals surface area contributed by atoms with Crippen LogP contribution in [0.2, 0.25) is 0 Å². The number of anilines is 1. The number of amides is 1. The summed E-state index contributed by atoms with van der Waals surface area (Å²) in [6.07, 6.45) is 6.18. The molecule has 1 aromatic rings. The van der Waals surface area contributed by atoms with E-state index in [-0.39, 0.29) is 12.2 Å². The monoisotopic (exact) mass is 405 g/mol. The lowest BCUT2D eigenvalue weighted by atomic mass is 10.0. The van der Waals surface area contributed by atoms with Crippen LogP contribution in [0.5, 0.6) is 5.75 Å². The molecule has 0 aliphatic carbocycles. The Morgan fingerprint density at radius 1 is 1.28 bits per heavy atom. The number of aryl methyl sites for hydroxylation is 1. The predicted molar refractivity (Wildman–Crippen MR) is 113 cm³/mol. The normalized spacial score (nSPS) is 16.6. The zero-order valence-electron chi connectivity index (χ0n) is 18.3. The first kappa shape index (κ1) is 21.7. The van der Waals surface area contributed by atoms with Crippen LogP contribution in [0.25, 0.3) is 0 Å². The lowest BCUT2D eigenvalue weighted by molar-refractivity contribution is -0.0637. The molecule has 2 aliphatic rings. The summed E-state index contributed by atoms with van der Waals surface area (Å²) in [6.45, 7) is 8.61. The zero-order valence-corrected chi connectivity index (χ0v) is 18.3. The number of unbranched alkanes of at least 4 members (excludes halogenated alkanes) is 2. The van der Waals surface area contributed by atoms with Gasteiger partial charge < -0.3 is 24.4 Å². The molecule has 162 valence electrons. The largest absolute Gasteiger partial charge is 0.496 e. The predicted octanol–water partition coefficient (Wildman–Crippen LogP) is 3.80. The van der Waals surface area contributed by atoms with Crippen molar-refractivity contribution in [1.82, 2.24) is 9.88 Å². The summed E-state index contributed by atoms with van der Waals surface area (Å²) in [5.74, 6) is 1.95. The molecule has 29 heavy (non-hydrogen) atoms. The third kappa shape index (κ3) is 6.23. The Labute approximate surface area is 174 Å². The second kappa shape index (κ2) is 9.65. The fraction of sp³-hybridized carbons (Fsp3) is 0.727.